The van der Waals surface area contributed by atoms with Crippen molar-refractivity contribution in [2.75, 3.05) is 13.7 Å². The van der Waals surface area contributed by atoms with E-state index in [9.17, 15) is 0 Å². The minimum Gasteiger partial charge on any atom is -0.497 e. The standard InChI is InChI=1S/C23H26N4OS/c1-16(2)15-27-22(21(25-23(27)29)19-7-4-5-13-24-19)20-8-6-14-26(20)17-9-11-18(28-3)12-10-17/h4-14,16,21-22H,15H2,1-3H3,(H,25,29)/t21-,22-/m0/s1. The van der Waals surface area contributed by atoms with Crippen molar-refractivity contribution in [1.29, 1.82) is 0 Å². The van der Waals surface area contributed by atoms with E-state index in [1.54, 1.807) is 7.11 Å². The molecule has 1 saturated heterocycles. The Morgan fingerprint density at radius 3 is 2.55 bits per heavy atom. The summed E-state index contributed by atoms with van der Waals surface area (Å²) in [4.78, 5) is 6.92. The van der Waals surface area contributed by atoms with E-state index in [4.69, 9.17) is 17.0 Å². The summed E-state index contributed by atoms with van der Waals surface area (Å²) in [5.41, 5.74) is 3.26. The normalized spacial score (nSPS) is 18.9. The molecular weight excluding hydrogens is 380 g/mol. The first kappa shape index (κ1) is 19.5. The number of methoxy groups -OCH3 is 1. The van der Waals surface area contributed by atoms with Gasteiger partial charge in [-0.05, 0) is 66.7 Å². The van der Waals surface area contributed by atoms with E-state index in [0.29, 0.717) is 5.92 Å². The van der Waals surface area contributed by atoms with E-state index >= 15 is 0 Å². The van der Waals surface area contributed by atoms with Crippen molar-refractivity contribution < 1.29 is 4.74 Å². The molecule has 0 radical (unpaired) electrons. The molecule has 2 atom stereocenters. The lowest BCUT2D eigenvalue weighted by molar-refractivity contribution is 0.280. The molecule has 3 aromatic rings. The maximum atomic E-state index is 5.74. The Morgan fingerprint density at radius 1 is 1.10 bits per heavy atom. The first-order chi connectivity index (χ1) is 14.1. The van der Waals surface area contributed by atoms with Crippen LogP contribution in [0.2, 0.25) is 0 Å². The maximum absolute atomic E-state index is 5.74. The predicted molar refractivity (Wildman–Crippen MR) is 119 cm³/mol. The first-order valence-corrected chi connectivity index (χ1v) is 10.3. The summed E-state index contributed by atoms with van der Waals surface area (Å²) in [6, 6.07) is 18.5. The van der Waals surface area contributed by atoms with Crippen molar-refractivity contribution >= 4 is 17.3 Å². The highest BCUT2D eigenvalue weighted by Gasteiger charge is 2.41. The molecule has 1 aliphatic heterocycles. The summed E-state index contributed by atoms with van der Waals surface area (Å²) in [6.07, 6.45) is 3.94. The van der Waals surface area contributed by atoms with Crippen LogP contribution < -0.4 is 10.1 Å². The van der Waals surface area contributed by atoms with Crippen LogP contribution in [0.1, 0.15) is 37.3 Å². The van der Waals surface area contributed by atoms with E-state index in [2.05, 4.69) is 70.1 Å². The molecule has 4 rings (SSSR count). The van der Waals surface area contributed by atoms with Gasteiger partial charge >= 0.3 is 0 Å². The molecule has 0 saturated carbocycles. The number of pyridine rings is 1. The minimum absolute atomic E-state index is 0.00523. The number of benzene rings is 1. The molecule has 1 aromatic carbocycles. The molecule has 29 heavy (non-hydrogen) atoms. The van der Waals surface area contributed by atoms with Crippen molar-refractivity contribution in [2.45, 2.75) is 25.9 Å². The molecule has 0 amide bonds. The largest absolute Gasteiger partial charge is 0.497 e. The number of hydrogen-bond donors (Lipinski definition) is 1. The summed E-state index contributed by atoms with van der Waals surface area (Å²) < 4.78 is 7.54. The van der Waals surface area contributed by atoms with E-state index < -0.39 is 0 Å². The molecule has 0 unspecified atom stereocenters. The van der Waals surface area contributed by atoms with E-state index in [-0.39, 0.29) is 12.1 Å². The Bertz CT molecular complexity index is 968. The van der Waals surface area contributed by atoms with Gasteiger partial charge in [-0.1, -0.05) is 19.9 Å². The highest BCUT2D eigenvalue weighted by molar-refractivity contribution is 7.80. The van der Waals surface area contributed by atoms with Crippen LogP contribution in [-0.2, 0) is 0 Å². The summed E-state index contributed by atoms with van der Waals surface area (Å²) in [5.74, 6) is 1.34. The van der Waals surface area contributed by atoms with Crippen molar-refractivity contribution in [3.63, 3.8) is 0 Å². The maximum Gasteiger partial charge on any atom is 0.170 e. The van der Waals surface area contributed by atoms with E-state index in [0.717, 1.165) is 28.8 Å². The third kappa shape index (κ3) is 3.85. The van der Waals surface area contributed by atoms with Crippen LogP contribution in [0.25, 0.3) is 5.69 Å². The van der Waals surface area contributed by atoms with Gasteiger partial charge < -0.3 is 19.5 Å². The van der Waals surface area contributed by atoms with Crippen LogP contribution in [0, 0.1) is 5.92 Å². The topological polar surface area (TPSA) is 42.3 Å². The average molecular weight is 407 g/mol. The lowest BCUT2D eigenvalue weighted by atomic mass is 10.0. The molecule has 0 spiro atoms. The number of aromatic nitrogens is 2. The third-order valence-corrected chi connectivity index (χ3v) is 5.55. The lowest BCUT2D eigenvalue weighted by Crippen LogP contribution is -2.33. The molecular formula is C23H26N4OS. The Hall–Kier alpha value is -2.86. The van der Waals surface area contributed by atoms with Gasteiger partial charge in [0.1, 0.15) is 5.75 Å². The zero-order valence-electron chi connectivity index (χ0n) is 16.9. The van der Waals surface area contributed by atoms with Gasteiger partial charge in [0.05, 0.1) is 24.9 Å². The first-order valence-electron chi connectivity index (χ1n) is 9.88. The van der Waals surface area contributed by atoms with Gasteiger partial charge in [-0.3, -0.25) is 4.98 Å². The zero-order valence-corrected chi connectivity index (χ0v) is 17.8. The van der Waals surface area contributed by atoms with E-state index in [1.165, 1.54) is 5.69 Å². The van der Waals surface area contributed by atoms with Crippen LogP contribution in [0.15, 0.2) is 67.0 Å². The molecule has 1 fully saturated rings. The average Bonchev–Trinajstić information content (AvgIpc) is 3.33. The quantitative estimate of drug-likeness (QED) is 0.610. The van der Waals surface area contributed by atoms with Crippen molar-refractivity contribution in [1.82, 2.24) is 19.8 Å². The van der Waals surface area contributed by atoms with Crippen LogP contribution in [-0.4, -0.2) is 33.2 Å². The Labute approximate surface area is 177 Å². The molecule has 0 bridgehead atoms. The monoisotopic (exact) mass is 406 g/mol. The van der Waals surface area contributed by atoms with Gasteiger partial charge in [0.25, 0.3) is 0 Å². The summed E-state index contributed by atoms with van der Waals surface area (Å²) in [6.45, 7) is 5.32. The highest BCUT2D eigenvalue weighted by atomic mass is 32.1. The minimum atomic E-state index is -0.00523. The number of thiocarbonyl (C=S) groups is 1. The predicted octanol–water partition coefficient (Wildman–Crippen LogP) is 4.51. The smallest absolute Gasteiger partial charge is 0.170 e. The molecule has 150 valence electrons. The Balaban J connectivity index is 1.78. The number of rotatable bonds is 6. The lowest BCUT2D eigenvalue weighted by Gasteiger charge is -2.30. The second-order valence-corrected chi connectivity index (χ2v) is 8.06. The van der Waals surface area contributed by atoms with Crippen molar-refractivity contribution in [3.8, 4) is 11.4 Å². The van der Waals surface area contributed by atoms with Crippen molar-refractivity contribution in [2.24, 2.45) is 5.92 Å². The van der Waals surface area contributed by atoms with E-state index in [1.807, 2.05) is 30.5 Å². The summed E-state index contributed by atoms with van der Waals surface area (Å²) >= 11 is 5.74. The number of nitrogens with zero attached hydrogens (tertiary/aromatic N) is 3. The van der Waals surface area contributed by atoms with Crippen LogP contribution >= 0.6 is 12.2 Å². The van der Waals surface area contributed by atoms with Gasteiger partial charge in [-0.2, -0.15) is 0 Å². The Morgan fingerprint density at radius 2 is 1.90 bits per heavy atom. The zero-order chi connectivity index (χ0) is 20.4. The fourth-order valence-corrected chi connectivity index (χ4v) is 4.25. The van der Waals surface area contributed by atoms with Crippen LogP contribution in [0.5, 0.6) is 5.75 Å². The summed E-state index contributed by atoms with van der Waals surface area (Å²) in [7, 11) is 1.68. The fraction of sp³-hybridized carbons (Fsp3) is 0.304. The van der Waals surface area contributed by atoms with Gasteiger partial charge in [-0.15, -0.1) is 0 Å². The SMILES string of the molecule is COc1ccc(-n2cccc2[C@H]2[C@H](c3ccccn3)NC(=S)N2CC(C)C)cc1. The van der Waals surface area contributed by atoms with Gasteiger partial charge in [0.2, 0.25) is 0 Å². The molecule has 1 aliphatic rings. The van der Waals surface area contributed by atoms with Gasteiger partial charge in [0.15, 0.2) is 5.11 Å². The number of nitrogens with one attached hydrogen (secondary N) is 1. The van der Waals surface area contributed by atoms with Crippen molar-refractivity contribution in [3.05, 3.63) is 78.4 Å². The van der Waals surface area contributed by atoms with Gasteiger partial charge in [0, 0.05) is 30.3 Å². The molecule has 5 nitrogen and oxygen atoms in total. The number of ether oxygens (including phenoxy) is 1. The number of hydrogen-bond acceptors (Lipinski definition) is 3. The highest BCUT2D eigenvalue weighted by Crippen LogP contribution is 2.39. The summed E-state index contributed by atoms with van der Waals surface area (Å²) in [5, 5.41) is 4.30. The molecule has 3 heterocycles. The molecule has 2 aromatic heterocycles. The second-order valence-electron chi connectivity index (χ2n) is 7.67. The third-order valence-electron chi connectivity index (χ3n) is 5.19. The fourth-order valence-electron chi connectivity index (χ4n) is 3.93. The Kier molecular flexibility index (Phi) is 5.53. The molecule has 6 heteroatoms. The van der Waals surface area contributed by atoms with Gasteiger partial charge in [-0.25, -0.2) is 0 Å². The van der Waals surface area contributed by atoms with Crippen LogP contribution in [0.4, 0.5) is 0 Å². The molecule has 1 N–H and O–H groups in total. The van der Waals surface area contributed by atoms with Crippen LogP contribution in [0.3, 0.4) is 0 Å². The second kappa shape index (κ2) is 8.25. The molecule has 0 aliphatic carbocycles.